The van der Waals surface area contributed by atoms with Crippen LogP contribution in [0.5, 0.6) is 0 Å². The lowest BCUT2D eigenvalue weighted by atomic mass is 10.1. The van der Waals surface area contributed by atoms with Gasteiger partial charge in [-0.3, -0.25) is 24.7 Å². The zero-order valence-corrected chi connectivity index (χ0v) is 17.1. The summed E-state index contributed by atoms with van der Waals surface area (Å²) in [5.74, 6) is -1.17. The molecule has 0 atom stereocenters. The smallest absolute Gasteiger partial charge is 0.258 e. The Kier molecular flexibility index (Phi) is 5.67. The zero-order chi connectivity index (χ0) is 21.8. The van der Waals surface area contributed by atoms with Crippen LogP contribution in [0.3, 0.4) is 0 Å². The Morgan fingerprint density at radius 3 is 2.55 bits per heavy atom. The van der Waals surface area contributed by atoms with E-state index in [2.05, 4.69) is 25.5 Å². The van der Waals surface area contributed by atoms with Gasteiger partial charge in [-0.1, -0.05) is 29.5 Å². The summed E-state index contributed by atoms with van der Waals surface area (Å²) in [6.07, 6.45) is 5.61. The van der Waals surface area contributed by atoms with Crippen molar-refractivity contribution in [3.8, 4) is 10.6 Å². The van der Waals surface area contributed by atoms with Crippen LogP contribution in [-0.4, -0.2) is 37.6 Å². The first kappa shape index (κ1) is 20.2. The Hall–Kier alpha value is -4.11. The number of carbonyl (C=O) groups excluding carboxylic acids is 3. The molecule has 0 bridgehead atoms. The number of ketones is 2. The molecule has 0 saturated carbocycles. The third-order valence-electron chi connectivity index (χ3n) is 4.26. The van der Waals surface area contributed by atoms with Gasteiger partial charge in [0.25, 0.3) is 5.91 Å². The number of pyridine rings is 2. The first-order valence-corrected chi connectivity index (χ1v) is 10.0. The van der Waals surface area contributed by atoms with Crippen LogP contribution in [0.2, 0.25) is 0 Å². The number of aromatic nitrogens is 4. The lowest BCUT2D eigenvalue weighted by Crippen LogP contribution is -2.14. The largest absolute Gasteiger partial charge is 0.296 e. The minimum absolute atomic E-state index is 0.0658. The number of carbonyl (C=O) groups is 3. The number of nitrogens with one attached hydrogen (secondary N) is 1. The summed E-state index contributed by atoms with van der Waals surface area (Å²) < 4.78 is 0. The molecule has 3 heterocycles. The van der Waals surface area contributed by atoms with Crippen molar-refractivity contribution in [2.45, 2.75) is 6.92 Å². The molecule has 0 saturated heterocycles. The molecular formula is C22H15N5O3S. The van der Waals surface area contributed by atoms with E-state index < -0.39 is 11.7 Å². The van der Waals surface area contributed by atoms with Gasteiger partial charge >= 0.3 is 0 Å². The molecule has 0 aliphatic rings. The van der Waals surface area contributed by atoms with Gasteiger partial charge in [-0.25, -0.2) is 4.98 Å². The van der Waals surface area contributed by atoms with Crippen LogP contribution in [0.1, 0.15) is 27.8 Å². The highest BCUT2D eigenvalue weighted by Crippen LogP contribution is 2.27. The van der Waals surface area contributed by atoms with E-state index in [-0.39, 0.29) is 17.0 Å². The van der Waals surface area contributed by atoms with E-state index in [4.69, 9.17) is 0 Å². The summed E-state index contributed by atoms with van der Waals surface area (Å²) in [7, 11) is 0. The van der Waals surface area contributed by atoms with E-state index in [1.54, 1.807) is 48.8 Å². The maximum absolute atomic E-state index is 13.0. The summed E-state index contributed by atoms with van der Waals surface area (Å²) in [5.41, 5.74) is 1.67. The normalized spacial score (nSPS) is 11.0. The second kappa shape index (κ2) is 8.72. The molecule has 0 radical (unpaired) electrons. The molecule has 9 heteroatoms. The lowest BCUT2D eigenvalue weighted by Gasteiger charge is -2.08. The van der Waals surface area contributed by atoms with Gasteiger partial charge in [0.1, 0.15) is 10.7 Å². The number of anilines is 1. The van der Waals surface area contributed by atoms with E-state index in [9.17, 15) is 14.4 Å². The van der Waals surface area contributed by atoms with Gasteiger partial charge in [0, 0.05) is 23.3 Å². The summed E-state index contributed by atoms with van der Waals surface area (Å²) in [6.45, 7) is 1.35. The van der Waals surface area contributed by atoms with Crippen molar-refractivity contribution in [3.05, 3.63) is 78.3 Å². The Bertz CT molecular complexity index is 1330. The van der Waals surface area contributed by atoms with Gasteiger partial charge in [-0.15, -0.1) is 10.2 Å². The summed E-state index contributed by atoms with van der Waals surface area (Å²) in [4.78, 5) is 44.9. The highest BCUT2D eigenvalue weighted by atomic mass is 32.1. The molecule has 0 fully saturated rings. The van der Waals surface area contributed by atoms with E-state index in [1.165, 1.54) is 30.4 Å². The summed E-state index contributed by atoms with van der Waals surface area (Å²) in [5, 5.41) is 12.4. The lowest BCUT2D eigenvalue weighted by molar-refractivity contribution is -0.112. The van der Waals surface area contributed by atoms with Crippen LogP contribution >= 0.6 is 11.3 Å². The van der Waals surface area contributed by atoms with Gasteiger partial charge < -0.3 is 0 Å². The molecule has 4 aromatic rings. The number of hydrogen-bond donors (Lipinski definition) is 1. The number of para-hydroxylation sites is 1. The van der Waals surface area contributed by atoms with E-state index in [0.717, 1.165) is 11.6 Å². The summed E-state index contributed by atoms with van der Waals surface area (Å²) in [6, 6.07) is 12.0. The van der Waals surface area contributed by atoms with Gasteiger partial charge in [0.05, 0.1) is 11.1 Å². The first-order chi connectivity index (χ1) is 15.0. The Labute approximate surface area is 180 Å². The molecule has 0 unspecified atom stereocenters. The molecule has 4 rings (SSSR count). The Balaban J connectivity index is 1.66. The molecule has 31 heavy (non-hydrogen) atoms. The molecular weight excluding hydrogens is 414 g/mol. The monoisotopic (exact) mass is 429 g/mol. The first-order valence-electron chi connectivity index (χ1n) is 9.19. The van der Waals surface area contributed by atoms with Crippen molar-refractivity contribution in [2.24, 2.45) is 0 Å². The highest BCUT2D eigenvalue weighted by Gasteiger charge is 2.17. The number of fused-ring (bicyclic) bond motifs is 1. The quantitative estimate of drug-likeness (QED) is 0.367. The number of amides is 1. The number of allylic oxidation sites excluding steroid dienone is 2. The minimum Gasteiger partial charge on any atom is -0.296 e. The molecule has 1 amide bonds. The average molecular weight is 429 g/mol. The standard InChI is InChI=1S/C22H15N5O3S/c1-13(28)6-7-19(29)18-12-16(15-4-2-3-5-17(15)24-18)20(30)25-22-27-26-21(31-22)14-8-10-23-11-9-14/h2-12H,1H3,(H,25,27,30)/b7-6-. The summed E-state index contributed by atoms with van der Waals surface area (Å²) >= 11 is 1.22. The molecule has 3 aromatic heterocycles. The van der Waals surface area contributed by atoms with E-state index >= 15 is 0 Å². The number of nitrogens with zero attached hydrogens (tertiary/aromatic N) is 4. The fourth-order valence-corrected chi connectivity index (χ4v) is 3.56. The van der Waals surface area contributed by atoms with Crippen molar-refractivity contribution in [1.82, 2.24) is 20.2 Å². The Morgan fingerprint density at radius 2 is 1.77 bits per heavy atom. The second-order valence-electron chi connectivity index (χ2n) is 6.48. The molecule has 0 spiro atoms. The third-order valence-corrected chi connectivity index (χ3v) is 5.14. The predicted molar refractivity (Wildman–Crippen MR) is 117 cm³/mol. The molecule has 1 N–H and O–H groups in total. The van der Waals surface area contributed by atoms with Crippen molar-refractivity contribution in [2.75, 3.05) is 5.32 Å². The molecule has 0 aliphatic carbocycles. The van der Waals surface area contributed by atoms with Crippen LogP contribution in [0.25, 0.3) is 21.5 Å². The van der Waals surface area contributed by atoms with Crippen LogP contribution in [0, 0.1) is 0 Å². The Morgan fingerprint density at radius 1 is 1.00 bits per heavy atom. The SMILES string of the molecule is CC(=O)/C=C\C(=O)c1cc(C(=O)Nc2nnc(-c3ccncc3)s2)c2ccccc2n1. The van der Waals surface area contributed by atoms with Crippen molar-refractivity contribution in [3.63, 3.8) is 0 Å². The van der Waals surface area contributed by atoms with Crippen molar-refractivity contribution >= 4 is 44.8 Å². The van der Waals surface area contributed by atoms with Crippen LogP contribution in [0.15, 0.2) is 67.0 Å². The van der Waals surface area contributed by atoms with Gasteiger partial charge in [-0.2, -0.15) is 0 Å². The van der Waals surface area contributed by atoms with Crippen LogP contribution < -0.4 is 5.32 Å². The second-order valence-corrected chi connectivity index (χ2v) is 7.46. The van der Waals surface area contributed by atoms with Gasteiger partial charge in [-0.05, 0) is 43.3 Å². The number of rotatable bonds is 6. The maximum atomic E-state index is 13.0. The maximum Gasteiger partial charge on any atom is 0.258 e. The van der Waals surface area contributed by atoms with Crippen LogP contribution in [-0.2, 0) is 4.79 Å². The van der Waals surface area contributed by atoms with Gasteiger partial charge in [0.15, 0.2) is 5.78 Å². The topological polar surface area (TPSA) is 115 Å². The zero-order valence-electron chi connectivity index (χ0n) is 16.3. The molecule has 8 nitrogen and oxygen atoms in total. The number of hydrogen-bond acceptors (Lipinski definition) is 8. The van der Waals surface area contributed by atoms with Crippen LogP contribution in [0.4, 0.5) is 5.13 Å². The van der Waals surface area contributed by atoms with Gasteiger partial charge in [0.2, 0.25) is 10.9 Å². The average Bonchev–Trinajstić information content (AvgIpc) is 3.25. The fraction of sp³-hybridized carbons (Fsp3) is 0.0455. The molecule has 152 valence electrons. The fourth-order valence-electron chi connectivity index (χ4n) is 2.82. The minimum atomic E-state index is -0.467. The highest BCUT2D eigenvalue weighted by molar-refractivity contribution is 7.18. The molecule has 1 aromatic carbocycles. The van der Waals surface area contributed by atoms with Crippen molar-refractivity contribution < 1.29 is 14.4 Å². The van der Waals surface area contributed by atoms with E-state index in [0.29, 0.717) is 21.0 Å². The predicted octanol–water partition coefficient (Wildman–Crippen LogP) is 3.73. The van der Waals surface area contributed by atoms with E-state index in [1.807, 2.05) is 0 Å². The number of benzene rings is 1. The van der Waals surface area contributed by atoms with Crippen molar-refractivity contribution in [1.29, 1.82) is 0 Å². The third kappa shape index (κ3) is 4.57. The molecule has 0 aliphatic heterocycles.